The molecule has 0 radical (unpaired) electrons. The minimum absolute atomic E-state index is 0. The Bertz CT molecular complexity index is 1190. The van der Waals surface area contributed by atoms with Gasteiger partial charge in [0.15, 0.2) is 0 Å². The second kappa shape index (κ2) is 12.7. The lowest BCUT2D eigenvalue weighted by atomic mass is 10.1. The SMILES string of the molecule is Br.COc1ccc(Oc2cc(C)ccc2C)cc1.Cc1ccc(C)c(Oc2ccc(O)cc2)c1. The van der Waals surface area contributed by atoms with E-state index in [0.29, 0.717) is 0 Å². The van der Waals surface area contributed by atoms with Crippen molar-refractivity contribution in [2.75, 3.05) is 7.11 Å². The van der Waals surface area contributed by atoms with Crippen LogP contribution in [-0.2, 0) is 0 Å². The van der Waals surface area contributed by atoms with Gasteiger partial charge in [-0.05, 0) is 111 Å². The lowest BCUT2D eigenvalue weighted by Crippen LogP contribution is -1.89. The highest BCUT2D eigenvalue weighted by Crippen LogP contribution is 2.28. The third-order valence-corrected chi connectivity index (χ3v) is 5.04. The fraction of sp³-hybridized carbons (Fsp3) is 0.172. The van der Waals surface area contributed by atoms with Gasteiger partial charge in [0.05, 0.1) is 7.11 Å². The van der Waals surface area contributed by atoms with Gasteiger partial charge in [0.2, 0.25) is 0 Å². The molecule has 1 N–H and O–H groups in total. The number of benzene rings is 4. The summed E-state index contributed by atoms with van der Waals surface area (Å²) in [6, 6.07) is 26.6. The monoisotopic (exact) mass is 522 g/mol. The van der Waals surface area contributed by atoms with Gasteiger partial charge in [0, 0.05) is 0 Å². The summed E-state index contributed by atoms with van der Waals surface area (Å²) in [6.45, 7) is 8.14. The fourth-order valence-corrected chi connectivity index (χ4v) is 3.05. The normalized spacial score (nSPS) is 9.79. The van der Waals surface area contributed by atoms with E-state index in [1.165, 1.54) is 11.1 Å². The van der Waals surface area contributed by atoms with Crippen LogP contribution in [0.25, 0.3) is 0 Å². The molecule has 5 heteroatoms. The van der Waals surface area contributed by atoms with Crippen LogP contribution in [0.1, 0.15) is 22.3 Å². The van der Waals surface area contributed by atoms with Gasteiger partial charge in [-0.25, -0.2) is 0 Å². The third kappa shape index (κ3) is 7.85. The Morgan fingerprint density at radius 1 is 0.529 bits per heavy atom. The predicted molar refractivity (Wildman–Crippen MR) is 143 cm³/mol. The van der Waals surface area contributed by atoms with Gasteiger partial charge in [0.25, 0.3) is 0 Å². The molecule has 0 fully saturated rings. The van der Waals surface area contributed by atoms with Crippen LogP contribution in [0.5, 0.6) is 34.5 Å². The molecule has 0 amide bonds. The number of rotatable bonds is 5. The summed E-state index contributed by atoms with van der Waals surface area (Å²) >= 11 is 0. The number of halogens is 1. The quantitative estimate of drug-likeness (QED) is 0.285. The van der Waals surface area contributed by atoms with E-state index in [2.05, 4.69) is 25.1 Å². The molecular formula is C29H31BrO4. The van der Waals surface area contributed by atoms with Crippen molar-refractivity contribution < 1.29 is 19.3 Å². The number of phenolic OH excluding ortho intramolecular Hbond substituents is 1. The molecular weight excluding hydrogens is 492 g/mol. The van der Waals surface area contributed by atoms with E-state index in [9.17, 15) is 0 Å². The Balaban J connectivity index is 0.000000234. The smallest absolute Gasteiger partial charge is 0.130 e. The van der Waals surface area contributed by atoms with Crippen molar-refractivity contribution in [2.24, 2.45) is 0 Å². The van der Waals surface area contributed by atoms with Gasteiger partial charge in [-0.15, -0.1) is 17.0 Å². The Kier molecular flexibility index (Phi) is 10.0. The number of aromatic hydroxyl groups is 1. The van der Waals surface area contributed by atoms with Crippen LogP contribution in [0.4, 0.5) is 0 Å². The Morgan fingerprint density at radius 2 is 0.912 bits per heavy atom. The van der Waals surface area contributed by atoms with Gasteiger partial charge in [-0.1, -0.05) is 24.3 Å². The zero-order valence-corrected chi connectivity index (χ0v) is 21.9. The maximum absolute atomic E-state index is 9.17. The molecule has 4 rings (SSSR count). The molecule has 0 aromatic heterocycles. The molecule has 0 bridgehead atoms. The summed E-state index contributed by atoms with van der Waals surface area (Å²) in [5.41, 5.74) is 4.59. The topological polar surface area (TPSA) is 47.9 Å². The first-order chi connectivity index (χ1) is 15.8. The van der Waals surface area contributed by atoms with Crippen LogP contribution in [0, 0.1) is 27.7 Å². The van der Waals surface area contributed by atoms with Gasteiger partial charge < -0.3 is 19.3 Å². The number of aryl methyl sites for hydroxylation is 4. The zero-order valence-electron chi connectivity index (χ0n) is 20.2. The van der Waals surface area contributed by atoms with Crippen molar-refractivity contribution in [3.63, 3.8) is 0 Å². The van der Waals surface area contributed by atoms with Crippen LogP contribution in [0.3, 0.4) is 0 Å². The first-order valence-electron chi connectivity index (χ1n) is 10.8. The van der Waals surface area contributed by atoms with E-state index in [1.807, 2.05) is 63.2 Å². The number of ether oxygens (including phenoxy) is 3. The molecule has 4 nitrogen and oxygen atoms in total. The average molecular weight is 523 g/mol. The maximum atomic E-state index is 9.17. The van der Waals surface area contributed by atoms with Crippen LogP contribution < -0.4 is 14.2 Å². The Morgan fingerprint density at radius 3 is 1.32 bits per heavy atom. The van der Waals surface area contributed by atoms with Crippen LogP contribution in [-0.4, -0.2) is 12.2 Å². The van der Waals surface area contributed by atoms with Crippen molar-refractivity contribution in [2.45, 2.75) is 27.7 Å². The number of hydrogen-bond donors (Lipinski definition) is 1. The second-order valence-electron chi connectivity index (χ2n) is 7.91. The van der Waals surface area contributed by atoms with Crippen molar-refractivity contribution >= 4 is 17.0 Å². The van der Waals surface area contributed by atoms with Gasteiger partial charge in [-0.3, -0.25) is 0 Å². The number of methoxy groups -OCH3 is 1. The first-order valence-corrected chi connectivity index (χ1v) is 10.8. The molecule has 0 saturated carbocycles. The fourth-order valence-electron chi connectivity index (χ4n) is 3.05. The standard InChI is InChI=1S/C15H16O2.C14H14O2.BrH/c1-11-4-5-12(2)15(10-11)17-14-8-6-13(16-3)7-9-14;1-10-3-4-11(2)14(9-10)16-13-7-5-12(15)6-8-13;/h4-10H,1-3H3;3-9,15H,1-2H3;1H. The summed E-state index contributed by atoms with van der Waals surface area (Å²) in [5, 5.41) is 9.17. The zero-order chi connectivity index (χ0) is 23.8. The van der Waals surface area contributed by atoms with Crippen molar-refractivity contribution in [3.8, 4) is 34.5 Å². The highest BCUT2D eigenvalue weighted by atomic mass is 79.9. The summed E-state index contributed by atoms with van der Waals surface area (Å²) in [6.07, 6.45) is 0. The summed E-state index contributed by atoms with van der Waals surface area (Å²) < 4.78 is 16.7. The highest BCUT2D eigenvalue weighted by molar-refractivity contribution is 8.93. The third-order valence-electron chi connectivity index (χ3n) is 5.04. The lowest BCUT2D eigenvalue weighted by molar-refractivity contribution is 0.412. The summed E-state index contributed by atoms with van der Waals surface area (Å²) in [7, 11) is 1.65. The van der Waals surface area contributed by atoms with E-state index in [-0.39, 0.29) is 22.7 Å². The first kappa shape index (κ1) is 26.8. The molecule has 4 aromatic rings. The van der Waals surface area contributed by atoms with E-state index in [1.54, 1.807) is 31.4 Å². The highest BCUT2D eigenvalue weighted by Gasteiger charge is 2.03. The Labute approximate surface area is 212 Å². The van der Waals surface area contributed by atoms with Crippen molar-refractivity contribution in [3.05, 3.63) is 107 Å². The van der Waals surface area contributed by atoms with Crippen LogP contribution in [0.15, 0.2) is 84.9 Å². The molecule has 178 valence electrons. The van der Waals surface area contributed by atoms with Crippen LogP contribution >= 0.6 is 17.0 Å². The number of phenols is 1. The van der Waals surface area contributed by atoms with Gasteiger partial charge >= 0.3 is 0 Å². The molecule has 0 heterocycles. The van der Waals surface area contributed by atoms with Crippen molar-refractivity contribution in [1.29, 1.82) is 0 Å². The average Bonchev–Trinajstić information content (AvgIpc) is 2.81. The molecule has 0 aliphatic carbocycles. The van der Waals surface area contributed by atoms with Gasteiger partial charge in [0.1, 0.15) is 34.5 Å². The molecule has 34 heavy (non-hydrogen) atoms. The van der Waals surface area contributed by atoms with E-state index < -0.39 is 0 Å². The predicted octanol–water partition coefficient (Wildman–Crippen LogP) is 8.48. The Hall–Kier alpha value is -3.44. The maximum Gasteiger partial charge on any atom is 0.130 e. The van der Waals surface area contributed by atoms with E-state index in [4.69, 9.17) is 19.3 Å². The molecule has 0 atom stereocenters. The van der Waals surface area contributed by atoms with Crippen molar-refractivity contribution in [1.82, 2.24) is 0 Å². The molecule has 0 spiro atoms. The molecule has 0 aliphatic rings. The molecule has 0 aliphatic heterocycles. The summed E-state index contributed by atoms with van der Waals surface area (Å²) in [5.74, 6) is 4.37. The van der Waals surface area contributed by atoms with Gasteiger partial charge in [-0.2, -0.15) is 0 Å². The van der Waals surface area contributed by atoms with E-state index in [0.717, 1.165) is 39.9 Å². The van der Waals surface area contributed by atoms with E-state index >= 15 is 0 Å². The summed E-state index contributed by atoms with van der Waals surface area (Å²) in [4.78, 5) is 0. The minimum atomic E-state index is 0. The second-order valence-corrected chi connectivity index (χ2v) is 7.91. The van der Waals surface area contributed by atoms with Crippen LogP contribution in [0.2, 0.25) is 0 Å². The largest absolute Gasteiger partial charge is 0.508 e. The lowest BCUT2D eigenvalue weighted by Gasteiger charge is -2.10. The molecule has 0 saturated heterocycles. The molecule has 0 unspecified atom stereocenters. The minimum Gasteiger partial charge on any atom is -0.508 e. The molecule has 4 aromatic carbocycles. The number of hydrogen-bond acceptors (Lipinski definition) is 4.